The Labute approximate surface area is 101 Å². The molecule has 0 heterocycles. The van der Waals surface area contributed by atoms with Gasteiger partial charge in [-0.05, 0) is 31.5 Å². The minimum atomic E-state index is -0.223. The third-order valence-corrected chi connectivity index (χ3v) is 2.78. The third-order valence-electron chi connectivity index (χ3n) is 2.37. The van der Waals surface area contributed by atoms with Crippen LogP contribution in [0.5, 0.6) is 0 Å². The van der Waals surface area contributed by atoms with Gasteiger partial charge in [-0.15, -0.1) is 0 Å². The second-order valence-electron chi connectivity index (χ2n) is 3.74. The Morgan fingerprint density at radius 1 is 1.56 bits per heavy atom. The Morgan fingerprint density at radius 3 is 2.88 bits per heavy atom. The maximum absolute atomic E-state index is 11.1. The van der Waals surface area contributed by atoms with Crippen LogP contribution in [0.3, 0.4) is 0 Å². The number of hydrogen-bond donors (Lipinski definition) is 1. The molecule has 1 rings (SSSR count). The average molecular weight is 242 g/mol. The molecule has 88 valence electrons. The fourth-order valence-corrected chi connectivity index (χ4v) is 1.59. The summed E-state index contributed by atoms with van der Waals surface area (Å²) in [5.74, 6) is -0.223. The maximum Gasteiger partial charge on any atom is 0.307 e. The highest BCUT2D eigenvalue weighted by atomic mass is 35.5. The smallest absolute Gasteiger partial charge is 0.307 e. The van der Waals surface area contributed by atoms with Gasteiger partial charge in [0.15, 0.2) is 0 Å². The lowest BCUT2D eigenvalue weighted by molar-refractivity contribution is -0.140. The molecule has 1 N–H and O–H groups in total. The monoisotopic (exact) mass is 241 g/mol. The van der Waals surface area contributed by atoms with Crippen molar-refractivity contribution in [1.29, 1.82) is 0 Å². The van der Waals surface area contributed by atoms with Crippen molar-refractivity contribution < 1.29 is 9.53 Å². The van der Waals surface area contributed by atoms with Crippen molar-refractivity contribution in [2.24, 2.45) is 0 Å². The Kier molecular flexibility index (Phi) is 4.62. The summed E-state index contributed by atoms with van der Waals surface area (Å²) in [4.78, 5) is 11.1. The van der Waals surface area contributed by atoms with E-state index >= 15 is 0 Å². The highest BCUT2D eigenvalue weighted by molar-refractivity contribution is 6.31. The van der Waals surface area contributed by atoms with Crippen molar-refractivity contribution in [3.05, 3.63) is 28.8 Å². The number of ether oxygens (including phenoxy) is 1. The number of carbonyl (C=O) groups excluding carboxylic acids is 1. The molecule has 0 saturated heterocycles. The van der Waals surface area contributed by atoms with E-state index in [0.29, 0.717) is 6.42 Å². The lowest BCUT2D eigenvalue weighted by Gasteiger charge is -2.16. The van der Waals surface area contributed by atoms with Crippen LogP contribution in [0.1, 0.15) is 18.9 Å². The van der Waals surface area contributed by atoms with Gasteiger partial charge < -0.3 is 10.1 Å². The molecule has 0 radical (unpaired) electrons. The quantitative estimate of drug-likeness (QED) is 0.824. The maximum atomic E-state index is 11.1. The highest BCUT2D eigenvalue weighted by Crippen LogP contribution is 2.23. The van der Waals surface area contributed by atoms with E-state index in [9.17, 15) is 4.79 Å². The molecule has 3 nitrogen and oxygen atoms in total. The van der Waals surface area contributed by atoms with E-state index in [0.717, 1.165) is 16.3 Å². The summed E-state index contributed by atoms with van der Waals surface area (Å²) < 4.78 is 4.61. The van der Waals surface area contributed by atoms with Gasteiger partial charge in [-0.1, -0.05) is 17.7 Å². The van der Waals surface area contributed by atoms with Gasteiger partial charge in [0.2, 0.25) is 0 Å². The summed E-state index contributed by atoms with van der Waals surface area (Å²) in [6, 6.07) is 5.68. The van der Waals surface area contributed by atoms with E-state index in [4.69, 9.17) is 11.6 Å². The zero-order valence-electron chi connectivity index (χ0n) is 9.71. The second kappa shape index (κ2) is 5.75. The van der Waals surface area contributed by atoms with E-state index in [-0.39, 0.29) is 12.0 Å². The SMILES string of the molecule is COC(=O)CC(C)Nc1cccc(Cl)c1C. The summed E-state index contributed by atoms with van der Waals surface area (Å²) in [6.07, 6.45) is 0.336. The summed E-state index contributed by atoms with van der Waals surface area (Å²) in [5, 5.41) is 3.95. The Bertz CT molecular complexity index is 379. The molecule has 0 fully saturated rings. The van der Waals surface area contributed by atoms with Crippen LogP contribution < -0.4 is 5.32 Å². The van der Waals surface area contributed by atoms with Crippen LogP contribution in [0.25, 0.3) is 0 Å². The summed E-state index contributed by atoms with van der Waals surface area (Å²) >= 11 is 6.00. The minimum Gasteiger partial charge on any atom is -0.469 e. The standard InChI is InChI=1S/C12H16ClNO2/c1-8(7-12(15)16-3)14-11-6-4-5-10(13)9(11)2/h4-6,8,14H,7H2,1-3H3. The van der Waals surface area contributed by atoms with Gasteiger partial charge >= 0.3 is 5.97 Å². The van der Waals surface area contributed by atoms with Crippen LogP contribution in [0.4, 0.5) is 5.69 Å². The number of esters is 1. The van der Waals surface area contributed by atoms with Gasteiger partial charge in [-0.3, -0.25) is 4.79 Å². The van der Waals surface area contributed by atoms with Gasteiger partial charge in [-0.2, -0.15) is 0 Å². The Morgan fingerprint density at radius 2 is 2.25 bits per heavy atom. The molecule has 1 aromatic rings. The van der Waals surface area contributed by atoms with Crippen molar-refractivity contribution in [2.75, 3.05) is 12.4 Å². The van der Waals surface area contributed by atoms with Gasteiger partial charge in [0, 0.05) is 16.8 Å². The molecule has 0 amide bonds. The minimum absolute atomic E-state index is 0.0182. The van der Waals surface area contributed by atoms with E-state index in [1.807, 2.05) is 32.0 Å². The van der Waals surface area contributed by atoms with Gasteiger partial charge in [0.1, 0.15) is 0 Å². The van der Waals surface area contributed by atoms with Gasteiger partial charge in [-0.25, -0.2) is 0 Å². The molecule has 1 aromatic carbocycles. The molecule has 0 aromatic heterocycles. The predicted molar refractivity (Wildman–Crippen MR) is 65.9 cm³/mol. The molecule has 0 bridgehead atoms. The van der Waals surface area contributed by atoms with Gasteiger partial charge in [0.25, 0.3) is 0 Å². The number of carbonyl (C=O) groups is 1. The van der Waals surface area contributed by atoms with Crippen LogP contribution in [0.2, 0.25) is 5.02 Å². The predicted octanol–water partition coefficient (Wildman–Crippen LogP) is 3.01. The molecular formula is C12H16ClNO2. The second-order valence-corrected chi connectivity index (χ2v) is 4.15. The molecule has 1 unspecified atom stereocenters. The summed E-state index contributed by atoms with van der Waals surface area (Å²) in [6.45, 7) is 3.87. The number of anilines is 1. The molecule has 1 atom stereocenters. The topological polar surface area (TPSA) is 38.3 Å². The number of hydrogen-bond acceptors (Lipinski definition) is 3. The Balaban J connectivity index is 2.66. The first-order valence-electron chi connectivity index (χ1n) is 5.13. The first-order valence-corrected chi connectivity index (χ1v) is 5.51. The largest absolute Gasteiger partial charge is 0.469 e. The first-order chi connectivity index (χ1) is 7.54. The number of rotatable bonds is 4. The number of methoxy groups -OCH3 is 1. The van der Waals surface area contributed by atoms with E-state index < -0.39 is 0 Å². The van der Waals surface area contributed by atoms with E-state index in [1.54, 1.807) is 0 Å². The van der Waals surface area contributed by atoms with E-state index in [1.165, 1.54) is 7.11 Å². The molecule has 16 heavy (non-hydrogen) atoms. The van der Waals surface area contributed by atoms with Crippen LogP contribution in [-0.2, 0) is 9.53 Å². The third kappa shape index (κ3) is 3.42. The molecular weight excluding hydrogens is 226 g/mol. The average Bonchev–Trinajstić information content (AvgIpc) is 2.24. The summed E-state index contributed by atoms with van der Waals surface area (Å²) in [5.41, 5.74) is 1.93. The molecule has 0 aliphatic carbocycles. The van der Waals surface area contributed by atoms with Gasteiger partial charge in [0.05, 0.1) is 13.5 Å². The first kappa shape index (κ1) is 12.8. The fourth-order valence-electron chi connectivity index (χ4n) is 1.41. The summed E-state index contributed by atoms with van der Waals surface area (Å²) in [7, 11) is 1.39. The van der Waals surface area contributed by atoms with Crippen LogP contribution in [-0.4, -0.2) is 19.1 Å². The molecule has 0 aliphatic heterocycles. The normalized spacial score (nSPS) is 12.0. The van der Waals surface area contributed by atoms with Crippen LogP contribution in [0.15, 0.2) is 18.2 Å². The molecule has 0 aliphatic rings. The van der Waals surface area contributed by atoms with Crippen molar-refractivity contribution in [1.82, 2.24) is 0 Å². The highest BCUT2D eigenvalue weighted by Gasteiger charge is 2.10. The number of nitrogens with one attached hydrogen (secondary N) is 1. The Hall–Kier alpha value is -1.22. The van der Waals surface area contributed by atoms with Crippen molar-refractivity contribution in [3.63, 3.8) is 0 Å². The van der Waals surface area contributed by atoms with E-state index in [2.05, 4.69) is 10.1 Å². The zero-order chi connectivity index (χ0) is 12.1. The molecule has 0 spiro atoms. The number of halogens is 1. The zero-order valence-corrected chi connectivity index (χ0v) is 10.5. The van der Waals surface area contributed by atoms with Crippen LogP contribution in [0, 0.1) is 6.92 Å². The van der Waals surface area contributed by atoms with Crippen molar-refractivity contribution >= 4 is 23.3 Å². The molecule has 4 heteroatoms. The number of benzene rings is 1. The fraction of sp³-hybridized carbons (Fsp3) is 0.417. The van der Waals surface area contributed by atoms with Crippen molar-refractivity contribution in [3.8, 4) is 0 Å². The van der Waals surface area contributed by atoms with Crippen LogP contribution >= 0.6 is 11.6 Å². The lowest BCUT2D eigenvalue weighted by Crippen LogP contribution is -2.20. The lowest BCUT2D eigenvalue weighted by atomic mass is 10.1. The van der Waals surface area contributed by atoms with Crippen molar-refractivity contribution in [2.45, 2.75) is 26.3 Å². The molecule has 0 saturated carbocycles.